The van der Waals surface area contributed by atoms with Gasteiger partial charge in [-0.1, -0.05) is 6.07 Å². The lowest BCUT2D eigenvalue weighted by Gasteiger charge is -2.13. The molecule has 2 heterocycles. The summed E-state index contributed by atoms with van der Waals surface area (Å²) in [7, 11) is -2.22. The first kappa shape index (κ1) is 27.2. The fourth-order valence-electron chi connectivity index (χ4n) is 4.87. The van der Waals surface area contributed by atoms with Crippen LogP contribution in [0.5, 0.6) is 0 Å². The normalized spacial score (nSPS) is 11.7. The molecule has 0 aliphatic heterocycles. The highest BCUT2D eigenvalue weighted by Gasteiger charge is 2.25. The summed E-state index contributed by atoms with van der Waals surface area (Å²) in [6.45, 7) is 1.52. The van der Waals surface area contributed by atoms with Gasteiger partial charge in [-0.2, -0.15) is 5.10 Å². The lowest BCUT2D eigenvalue weighted by atomic mass is 9.97. The number of carbonyl (C=O) groups is 1. The van der Waals surface area contributed by atoms with Crippen molar-refractivity contribution in [2.75, 3.05) is 17.5 Å². The smallest absolute Gasteiger partial charge is 0.255 e. The van der Waals surface area contributed by atoms with Gasteiger partial charge in [0.15, 0.2) is 0 Å². The zero-order chi connectivity index (χ0) is 29.6. The summed E-state index contributed by atoms with van der Waals surface area (Å²) in [5.41, 5.74) is 4.36. The molecule has 0 atom stereocenters. The van der Waals surface area contributed by atoms with E-state index in [1.165, 1.54) is 56.4 Å². The molecule has 11 heteroatoms. The second-order valence-electron chi connectivity index (χ2n) is 9.63. The molecule has 0 spiro atoms. The van der Waals surface area contributed by atoms with E-state index in [0.29, 0.717) is 33.3 Å². The van der Waals surface area contributed by atoms with Crippen LogP contribution in [0.3, 0.4) is 0 Å². The number of amides is 1. The monoisotopic (exact) mass is 586 g/mol. The Kier molecular flexibility index (Phi) is 6.74. The molecule has 0 saturated heterocycles. The SMILES string of the molecule is CCS(=O)(=O)Nc1cc2oc(-c3ccc(F)cc3)c(C(=O)NC)c2cc1-c1ccc2[nH]nc(-c3ccc(F)cc3)c2c1. The number of hydrogen-bond donors (Lipinski definition) is 3. The maximum Gasteiger partial charge on any atom is 0.255 e. The van der Waals surface area contributed by atoms with E-state index in [4.69, 9.17) is 4.42 Å². The van der Waals surface area contributed by atoms with E-state index in [1.54, 1.807) is 24.3 Å². The van der Waals surface area contributed by atoms with Crippen molar-refractivity contribution in [2.24, 2.45) is 0 Å². The minimum absolute atomic E-state index is 0.164. The highest BCUT2D eigenvalue weighted by Crippen LogP contribution is 2.41. The van der Waals surface area contributed by atoms with Gasteiger partial charge in [0.25, 0.3) is 5.91 Å². The molecular weight excluding hydrogens is 562 g/mol. The second-order valence-corrected chi connectivity index (χ2v) is 11.6. The van der Waals surface area contributed by atoms with E-state index in [0.717, 1.165) is 10.9 Å². The molecule has 2 aromatic heterocycles. The molecule has 0 aliphatic rings. The number of halogens is 2. The van der Waals surface area contributed by atoms with E-state index in [1.807, 2.05) is 12.1 Å². The van der Waals surface area contributed by atoms with E-state index in [-0.39, 0.29) is 34.2 Å². The van der Waals surface area contributed by atoms with Crippen molar-refractivity contribution in [3.8, 4) is 33.7 Å². The highest BCUT2D eigenvalue weighted by molar-refractivity contribution is 7.92. The van der Waals surface area contributed by atoms with Crippen LogP contribution in [0.1, 0.15) is 17.3 Å². The lowest BCUT2D eigenvalue weighted by molar-refractivity contribution is 0.0964. The molecule has 0 saturated carbocycles. The van der Waals surface area contributed by atoms with E-state index >= 15 is 0 Å². The fraction of sp³-hybridized carbons (Fsp3) is 0.0968. The number of H-pyrrole nitrogens is 1. The van der Waals surface area contributed by atoms with Crippen molar-refractivity contribution >= 4 is 43.5 Å². The summed E-state index contributed by atoms with van der Waals surface area (Å²) < 4.78 is 61.4. The first-order valence-corrected chi connectivity index (χ1v) is 14.7. The first-order chi connectivity index (χ1) is 20.2. The van der Waals surface area contributed by atoms with Crippen molar-refractivity contribution in [1.82, 2.24) is 15.5 Å². The van der Waals surface area contributed by atoms with Crippen LogP contribution in [-0.2, 0) is 10.0 Å². The number of aromatic amines is 1. The van der Waals surface area contributed by atoms with E-state index < -0.39 is 21.7 Å². The average Bonchev–Trinajstić information content (AvgIpc) is 3.58. The summed E-state index contributed by atoms with van der Waals surface area (Å²) in [4.78, 5) is 13.1. The van der Waals surface area contributed by atoms with Crippen LogP contribution >= 0.6 is 0 Å². The number of anilines is 1. The minimum atomic E-state index is -3.71. The number of sulfonamides is 1. The van der Waals surface area contributed by atoms with Crippen LogP contribution < -0.4 is 10.0 Å². The number of benzene rings is 4. The van der Waals surface area contributed by atoms with Crippen molar-refractivity contribution < 1.29 is 26.4 Å². The van der Waals surface area contributed by atoms with Crippen molar-refractivity contribution in [2.45, 2.75) is 6.92 Å². The number of hydrogen-bond acceptors (Lipinski definition) is 5. The Morgan fingerprint density at radius 2 is 1.52 bits per heavy atom. The Morgan fingerprint density at radius 3 is 2.17 bits per heavy atom. The molecule has 42 heavy (non-hydrogen) atoms. The summed E-state index contributed by atoms with van der Waals surface area (Å²) in [5, 5.41) is 11.2. The maximum atomic E-state index is 13.7. The van der Waals surface area contributed by atoms with Gasteiger partial charge in [0, 0.05) is 40.6 Å². The molecule has 0 bridgehead atoms. The predicted octanol–water partition coefficient (Wildman–Crippen LogP) is 6.71. The third-order valence-corrected chi connectivity index (χ3v) is 8.32. The fourth-order valence-corrected chi connectivity index (χ4v) is 5.52. The molecule has 0 aliphatic carbocycles. The molecule has 212 valence electrons. The number of nitrogens with one attached hydrogen (secondary N) is 3. The van der Waals surface area contributed by atoms with Crippen LogP contribution in [0.2, 0.25) is 0 Å². The van der Waals surface area contributed by atoms with Gasteiger partial charge in [0.05, 0.1) is 28.2 Å². The third kappa shape index (κ3) is 4.88. The zero-order valence-electron chi connectivity index (χ0n) is 22.5. The Hall–Kier alpha value is -5.03. The molecule has 1 amide bonds. The Balaban J connectivity index is 1.61. The van der Waals surface area contributed by atoms with Crippen LogP contribution in [0.4, 0.5) is 14.5 Å². The Bertz CT molecular complexity index is 2080. The third-order valence-electron chi connectivity index (χ3n) is 7.03. The van der Waals surface area contributed by atoms with Crippen LogP contribution in [0.25, 0.3) is 55.6 Å². The summed E-state index contributed by atoms with van der Waals surface area (Å²) in [5.74, 6) is -1.18. The van der Waals surface area contributed by atoms with Crippen molar-refractivity contribution in [3.05, 3.63) is 96.1 Å². The van der Waals surface area contributed by atoms with Crippen LogP contribution in [-0.4, -0.2) is 37.3 Å². The summed E-state index contributed by atoms with van der Waals surface area (Å²) in [6.07, 6.45) is 0. The van der Waals surface area contributed by atoms with E-state index in [9.17, 15) is 22.0 Å². The van der Waals surface area contributed by atoms with E-state index in [2.05, 4.69) is 20.2 Å². The Morgan fingerprint density at radius 1 is 0.881 bits per heavy atom. The number of furan rings is 1. The van der Waals surface area contributed by atoms with Crippen molar-refractivity contribution in [1.29, 1.82) is 0 Å². The molecule has 6 rings (SSSR count). The number of nitrogens with zero attached hydrogens (tertiary/aromatic N) is 1. The molecule has 0 radical (unpaired) electrons. The standard InChI is InChI=1S/C31H24F2N4O4S/c1-3-42(39,40)37-26-16-27-24(28(31(38)34-2)30(41-27)18-6-11-21(33)12-7-18)15-22(26)19-8-13-25-23(14-19)29(36-35-25)17-4-9-20(32)10-5-17/h4-16,37H,3H2,1-2H3,(H,34,38)(H,35,36). The molecule has 0 unspecified atom stereocenters. The molecule has 4 aromatic carbocycles. The van der Waals surface area contributed by atoms with Gasteiger partial charge < -0.3 is 9.73 Å². The number of carbonyl (C=O) groups excluding carboxylic acids is 1. The highest BCUT2D eigenvalue weighted by atomic mass is 32.2. The molecule has 0 fully saturated rings. The average molecular weight is 587 g/mol. The Labute approximate surface area is 239 Å². The predicted molar refractivity (Wildman–Crippen MR) is 159 cm³/mol. The molecule has 8 nitrogen and oxygen atoms in total. The van der Waals surface area contributed by atoms with Gasteiger partial charge in [-0.25, -0.2) is 17.2 Å². The summed E-state index contributed by atoms with van der Waals surface area (Å²) >= 11 is 0. The summed E-state index contributed by atoms with van der Waals surface area (Å²) in [6, 6.07) is 20.2. The van der Waals surface area contributed by atoms with Gasteiger partial charge >= 0.3 is 0 Å². The first-order valence-electron chi connectivity index (χ1n) is 13.0. The second kappa shape index (κ2) is 10.4. The van der Waals surface area contributed by atoms with Crippen LogP contribution in [0, 0.1) is 11.6 Å². The molecular formula is C31H24F2N4O4S. The number of fused-ring (bicyclic) bond motifs is 2. The maximum absolute atomic E-state index is 13.7. The lowest BCUT2D eigenvalue weighted by Crippen LogP contribution is -2.18. The van der Waals surface area contributed by atoms with Crippen molar-refractivity contribution in [3.63, 3.8) is 0 Å². The number of rotatable bonds is 7. The topological polar surface area (TPSA) is 117 Å². The van der Waals surface area contributed by atoms with Gasteiger partial charge in [0.1, 0.15) is 23.0 Å². The van der Waals surface area contributed by atoms with Gasteiger partial charge in [-0.05, 0) is 79.2 Å². The quantitative estimate of drug-likeness (QED) is 0.192. The molecule has 6 aromatic rings. The minimum Gasteiger partial charge on any atom is -0.455 e. The number of aromatic nitrogens is 2. The molecule has 3 N–H and O–H groups in total. The van der Waals surface area contributed by atoms with Crippen LogP contribution in [0.15, 0.2) is 83.3 Å². The van der Waals surface area contributed by atoms with Gasteiger partial charge in [-0.3, -0.25) is 14.6 Å². The largest absolute Gasteiger partial charge is 0.455 e. The van der Waals surface area contributed by atoms with Gasteiger partial charge in [0.2, 0.25) is 10.0 Å². The zero-order valence-corrected chi connectivity index (χ0v) is 23.3. The van der Waals surface area contributed by atoms with Gasteiger partial charge in [-0.15, -0.1) is 0 Å².